The van der Waals surface area contributed by atoms with Crippen molar-refractivity contribution in [3.63, 3.8) is 0 Å². The summed E-state index contributed by atoms with van der Waals surface area (Å²) >= 11 is 0. The fourth-order valence-electron chi connectivity index (χ4n) is 2.31. The average molecular weight is 298 g/mol. The number of ether oxygens (including phenoxy) is 1. The van der Waals surface area contributed by atoms with E-state index in [1.165, 1.54) is 7.11 Å². The van der Waals surface area contributed by atoms with Gasteiger partial charge in [-0.15, -0.1) is 0 Å². The number of nitrogens with zero attached hydrogens (tertiary/aromatic N) is 3. The molecule has 0 saturated carbocycles. The fraction of sp³-hybridized carbons (Fsp3) is 0.583. The number of carboxylic acid groups (broad SMARTS) is 1. The summed E-state index contributed by atoms with van der Waals surface area (Å²) in [6.45, 7) is 0.579. The number of carbonyl (C=O) groups is 2. The number of aliphatic hydroxyl groups is 1. The van der Waals surface area contributed by atoms with Gasteiger partial charge in [0.2, 0.25) is 0 Å². The number of aliphatic carboxylic acids is 1. The number of aliphatic hydroxyl groups excluding tert-OH is 1. The van der Waals surface area contributed by atoms with E-state index in [2.05, 4.69) is 5.10 Å². The number of rotatable bonds is 4. The lowest BCUT2D eigenvalue weighted by atomic mass is 10.1. The van der Waals surface area contributed by atoms with E-state index in [0.717, 1.165) is 4.68 Å². The minimum absolute atomic E-state index is 0.0367. The second-order valence-corrected chi connectivity index (χ2v) is 4.85. The number of nitrogens with two attached hydrogens (primary N) is 1. The van der Waals surface area contributed by atoms with Crippen LogP contribution in [0.3, 0.4) is 0 Å². The highest BCUT2D eigenvalue weighted by atomic mass is 16.5. The first-order chi connectivity index (χ1) is 9.93. The van der Waals surface area contributed by atoms with Gasteiger partial charge in [-0.25, -0.2) is 9.48 Å². The predicted molar refractivity (Wildman–Crippen MR) is 73.1 cm³/mol. The number of hydrogen-bond acceptors (Lipinski definition) is 7. The first-order valence-corrected chi connectivity index (χ1v) is 6.53. The van der Waals surface area contributed by atoms with Crippen molar-refractivity contribution in [2.45, 2.75) is 25.5 Å². The number of anilines is 2. The highest BCUT2D eigenvalue weighted by Gasteiger charge is 2.29. The van der Waals surface area contributed by atoms with Crippen molar-refractivity contribution < 1.29 is 24.5 Å². The van der Waals surface area contributed by atoms with Gasteiger partial charge in [0.15, 0.2) is 5.82 Å². The summed E-state index contributed by atoms with van der Waals surface area (Å²) in [6, 6.07) is 0. The van der Waals surface area contributed by atoms with Crippen LogP contribution in [0.4, 0.5) is 11.6 Å². The van der Waals surface area contributed by atoms with Gasteiger partial charge in [0.1, 0.15) is 17.9 Å². The molecular weight excluding hydrogens is 280 g/mol. The predicted octanol–water partition coefficient (Wildman–Crippen LogP) is -0.702. The largest absolute Gasteiger partial charge is 0.480 e. The van der Waals surface area contributed by atoms with Crippen molar-refractivity contribution in [3.8, 4) is 0 Å². The molecule has 0 atom stereocenters. The Balaban J connectivity index is 2.38. The zero-order valence-electron chi connectivity index (χ0n) is 11.7. The highest BCUT2D eigenvalue weighted by Crippen LogP contribution is 2.28. The van der Waals surface area contributed by atoms with Crippen molar-refractivity contribution in [1.82, 2.24) is 9.78 Å². The molecule has 0 unspecified atom stereocenters. The Morgan fingerprint density at radius 3 is 2.57 bits per heavy atom. The number of nitrogen functional groups attached to an aromatic ring is 1. The molecule has 2 heterocycles. The molecule has 9 heteroatoms. The number of methoxy groups -OCH3 is 1. The molecule has 1 aliphatic rings. The number of carboxylic acids is 1. The van der Waals surface area contributed by atoms with E-state index < -0.39 is 18.5 Å². The van der Waals surface area contributed by atoms with Crippen LogP contribution in [0.2, 0.25) is 0 Å². The number of carbonyl (C=O) groups excluding carboxylic acids is 1. The summed E-state index contributed by atoms with van der Waals surface area (Å²) < 4.78 is 5.76. The maximum absolute atomic E-state index is 11.9. The molecule has 1 aliphatic heterocycles. The van der Waals surface area contributed by atoms with E-state index in [1.54, 1.807) is 4.90 Å². The molecule has 0 aliphatic carbocycles. The second kappa shape index (κ2) is 6.00. The second-order valence-electron chi connectivity index (χ2n) is 4.85. The molecule has 4 N–H and O–H groups in total. The van der Waals surface area contributed by atoms with Gasteiger partial charge in [0.05, 0.1) is 13.2 Å². The Morgan fingerprint density at radius 1 is 1.43 bits per heavy atom. The van der Waals surface area contributed by atoms with Gasteiger partial charge in [-0.2, -0.15) is 5.10 Å². The van der Waals surface area contributed by atoms with Crippen molar-refractivity contribution in [2.24, 2.45) is 0 Å². The first kappa shape index (κ1) is 15.1. The van der Waals surface area contributed by atoms with Crippen molar-refractivity contribution in [1.29, 1.82) is 0 Å². The number of aromatic nitrogens is 2. The van der Waals surface area contributed by atoms with Gasteiger partial charge >= 0.3 is 11.9 Å². The summed E-state index contributed by atoms with van der Waals surface area (Å²) in [5.41, 5.74) is 5.89. The lowest BCUT2D eigenvalue weighted by Crippen LogP contribution is -2.37. The Bertz CT molecular complexity index is 548. The van der Waals surface area contributed by atoms with Crippen LogP contribution in [0.25, 0.3) is 0 Å². The van der Waals surface area contributed by atoms with Crippen LogP contribution in [0.1, 0.15) is 23.2 Å². The van der Waals surface area contributed by atoms with E-state index >= 15 is 0 Å². The third-order valence-corrected chi connectivity index (χ3v) is 3.41. The molecule has 2 rings (SSSR count). The molecule has 116 valence electrons. The molecule has 0 bridgehead atoms. The minimum atomic E-state index is -1.11. The topological polar surface area (TPSA) is 131 Å². The minimum Gasteiger partial charge on any atom is -0.480 e. The molecule has 0 amide bonds. The summed E-state index contributed by atoms with van der Waals surface area (Å²) in [4.78, 5) is 24.5. The summed E-state index contributed by atoms with van der Waals surface area (Å²) in [5.74, 6) is -1.51. The van der Waals surface area contributed by atoms with E-state index in [-0.39, 0.29) is 17.5 Å². The fourth-order valence-corrected chi connectivity index (χ4v) is 2.31. The SMILES string of the molecule is COC(=O)c1c(N2CCC(O)CC2)nn(CC(=O)O)c1N. The Labute approximate surface area is 120 Å². The van der Waals surface area contributed by atoms with Crippen LogP contribution in [0.5, 0.6) is 0 Å². The summed E-state index contributed by atoms with van der Waals surface area (Å²) in [5, 5.41) is 22.5. The van der Waals surface area contributed by atoms with Gasteiger partial charge in [-0.1, -0.05) is 0 Å². The third-order valence-electron chi connectivity index (χ3n) is 3.41. The van der Waals surface area contributed by atoms with Crippen molar-refractivity contribution in [3.05, 3.63) is 5.56 Å². The summed E-state index contributed by atoms with van der Waals surface area (Å²) in [6.07, 6.45) is 0.722. The number of esters is 1. The van der Waals surface area contributed by atoms with E-state index in [1.807, 2.05) is 0 Å². The Kier molecular flexibility index (Phi) is 4.32. The van der Waals surface area contributed by atoms with Gasteiger partial charge < -0.3 is 25.6 Å². The Hall–Kier alpha value is -2.29. The van der Waals surface area contributed by atoms with Crippen molar-refractivity contribution >= 4 is 23.6 Å². The molecule has 0 spiro atoms. The highest BCUT2D eigenvalue weighted by molar-refractivity contribution is 6.00. The Morgan fingerprint density at radius 2 is 2.05 bits per heavy atom. The number of piperidine rings is 1. The van der Waals surface area contributed by atoms with Crippen LogP contribution < -0.4 is 10.6 Å². The van der Waals surface area contributed by atoms with Gasteiger partial charge in [-0.05, 0) is 12.8 Å². The molecule has 0 radical (unpaired) electrons. The molecule has 1 aromatic heterocycles. The quantitative estimate of drug-likeness (QED) is 0.622. The molecule has 1 fully saturated rings. The third kappa shape index (κ3) is 3.07. The van der Waals surface area contributed by atoms with Gasteiger partial charge in [0.25, 0.3) is 0 Å². The van der Waals surface area contributed by atoms with Crippen LogP contribution in [-0.4, -0.2) is 58.2 Å². The average Bonchev–Trinajstić information content (AvgIpc) is 2.75. The van der Waals surface area contributed by atoms with E-state index in [9.17, 15) is 14.7 Å². The van der Waals surface area contributed by atoms with Gasteiger partial charge in [-0.3, -0.25) is 4.79 Å². The lowest BCUT2D eigenvalue weighted by molar-refractivity contribution is -0.137. The number of hydrogen-bond donors (Lipinski definition) is 3. The van der Waals surface area contributed by atoms with E-state index in [4.69, 9.17) is 15.6 Å². The van der Waals surface area contributed by atoms with Gasteiger partial charge in [0, 0.05) is 13.1 Å². The molecule has 1 saturated heterocycles. The van der Waals surface area contributed by atoms with Crippen LogP contribution in [0.15, 0.2) is 0 Å². The standard InChI is InChI=1S/C12H18N4O5/c1-21-12(20)9-10(13)16(6-8(18)19)14-11(9)15-4-2-7(17)3-5-15/h7,17H,2-6,13H2,1H3,(H,18,19). The molecule has 0 aromatic carbocycles. The molecule has 21 heavy (non-hydrogen) atoms. The lowest BCUT2D eigenvalue weighted by Gasteiger charge is -2.30. The van der Waals surface area contributed by atoms with Crippen molar-refractivity contribution in [2.75, 3.05) is 30.8 Å². The molecule has 9 nitrogen and oxygen atoms in total. The summed E-state index contributed by atoms with van der Waals surface area (Å²) in [7, 11) is 1.22. The van der Waals surface area contributed by atoms with Crippen LogP contribution in [-0.2, 0) is 16.1 Å². The normalized spacial score (nSPS) is 16.0. The molecular formula is C12H18N4O5. The van der Waals surface area contributed by atoms with Crippen LogP contribution >= 0.6 is 0 Å². The smallest absolute Gasteiger partial charge is 0.345 e. The maximum atomic E-state index is 11.9. The maximum Gasteiger partial charge on any atom is 0.345 e. The van der Waals surface area contributed by atoms with E-state index in [0.29, 0.717) is 31.7 Å². The zero-order chi connectivity index (χ0) is 15.6. The van der Waals surface area contributed by atoms with Crippen LogP contribution in [0, 0.1) is 0 Å². The molecule has 1 aromatic rings. The first-order valence-electron chi connectivity index (χ1n) is 6.53. The monoisotopic (exact) mass is 298 g/mol. The zero-order valence-corrected chi connectivity index (χ0v) is 11.7.